The Hall–Kier alpha value is -8.14. The van der Waals surface area contributed by atoms with Crippen LogP contribution in [0.15, 0.2) is 109 Å². The summed E-state index contributed by atoms with van der Waals surface area (Å²) in [7, 11) is 0. The van der Waals surface area contributed by atoms with Crippen LogP contribution in [0.25, 0.3) is 0 Å². The Morgan fingerprint density at radius 3 is 1.30 bits per heavy atom. The number of fused-ring (bicyclic) bond motifs is 3. The fourth-order valence-corrected chi connectivity index (χ4v) is 9.86. The highest BCUT2D eigenvalue weighted by Crippen LogP contribution is 2.36. The number of anilines is 3. The van der Waals surface area contributed by atoms with E-state index < -0.39 is 24.0 Å². The number of rotatable bonds is 11. The molecule has 478 valence electrons. The third kappa shape index (κ3) is 21.0. The number of nitrogens with zero attached hydrogens (tertiary/aromatic N) is 5. The first-order valence-corrected chi connectivity index (χ1v) is 30.8. The second-order valence-electron chi connectivity index (χ2n) is 23.1. The lowest BCUT2D eigenvalue weighted by Crippen LogP contribution is -2.40. The van der Waals surface area contributed by atoms with Gasteiger partial charge in [0.1, 0.15) is 5.60 Å². The summed E-state index contributed by atoms with van der Waals surface area (Å²) in [5.74, 6) is -0.655. The highest BCUT2D eigenvalue weighted by Gasteiger charge is 2.36. The fourth-order valence-electron chi connectivity index (χ4n) is 9.49. The predicted octanol–water partition coefficient (Wildman–Crippen LogP) is 13.6. The lowest BCUT2D eigenvalue weighted by Gasteiger charge is -2.31. The summed E-state index contributed by atoms with van der Waals surface area (Å²) < 4.78 is 36.8. The zero-order valence-corrected chi connectivity index (χ0v) is 53.0. The number of carbonyl (C=O) groups is 7. The largest absolute Gasteiger partial charge is 0.481 e. The molecule has 3 atom stereocenters. The van der Waals surface area contributed by atoms with Crippen molar-refractivity contribution in [2.45, 2.75) is 136 Å². The van der Waals surface area contributed by atoms with Crippen LogP contribution in [0.2, 0.25) is 15.1 Å². The van der Waals surface area contributed by atoms with Crippen molar-refractivity contribution in [2.24, 2.45) is 11.8 Å². The Labute approximate surface area is 536 Å². The molecule has 3 aromatic heterocycles. The van der Waals surface area contributed by atoms with Gasteiger partial charge in [-0.2, -0.15) is 13.2 Å². The van der Waals surface area contributed by atoms with Crippen molar-refractivity contribution in [3.63, 3.8) is 0 Å². The van der Waals surface area contributed by atoms with Gasteiger partial charge in [0.2, 0.25) is 12.2 Å². The molecule has 11 rings (SSSR count). The van der Waals surface area contributed by atoms with E-state index in [1.807, 2.05) is 82.8 Å². The molecule has 6 heterocycles. The number of halogens is 6. The van der Waals surface area contributed by atoms with Crippen LogP contribution in [0.5, 0.6) is 0 Å². The van der Waals surface area contributed by atoms with Crippen molar-refractivity contribution in [2.75, 3.05) is 34.8 Å². The maximum atomic E-state index is 12.5. The molecule has 0 saturated heterocycles. The second-order valence-corrected chi connectivity index (χ2v) is 24.5. The minimum atomic E-state index is -4.64. The lowest BCUT2D eigenvalue weighted by atomic mass is 10.0. The molecule has 3 aliphatic heterocycles. The average molecular weight is 1300 g/mol. The highest BCUT2D eigenvalue weighted by atomic mass is 35.5. The molecule has 3 aromatic carbocycles. The van der Waals surface area contributed by atoms with Crippen LogP contribution in [0, 0.1) is 11.8 Å². The Morgan fingerprint density at radius 2 is 0.933 bits per heavy atom. The SMILES string of the molecule is CC(NC(=O)c1ccc(Cl)cc1)c1ccc2c(n1)CCCN2.CC(NC(=O)c1ccc(Cl)cc1)c1ccc2c(n1)CCCN2C(=O)C1CC1.CC(NC(=O)c1ccc(Cl)cc1)c1ccc2c(n1)CCCN2C(=O)OC(C)(C)C.O=C(O)C1CC1.O=CC(F)(F)F. The van der Waals surface area contributed by atoms with Gasteiger partial charge in [-0.05, 0) is 215 Å². The first-order chi connectivity index (χ1) is 42.7. The van der Waals surface area contributed by atoms with Gasteiger partial charge in [0, 0.05) is 57.3 Å². The number of hydrogen-bond donors (Lipinski definition) is 5. The molecular weight excluding hydrogens is 1230 g/mol. The van der Waals surface area contributed by atoms with Gasteiger partial charge in [-0.15, -0.1) is 0 Å². The lowest BCUT2D eigenvalue weighted by molar-refractivity contribution is -0.156. The number of aliphatic carboxylic acids is 1. The fraction of sp³-hybridized carbons (Fsp3) is 0.394. The van der Waals surface area contributed by atoms with E-state index in [2.05, 4.69) is 26.3 Å². The van der Waals surface area contributed by atoms with Gasteiger partial charge >= 0.3 is 18.2 Å². The minimum absolute atomic E-state index is 0.0185. The number of pyridine rings is 3. The number of ether oxygens (including phenoxy) is 1. The van der Waals surface area contributed by atoms with Crippen molar-refractivity contribution >= 4 is 93.8 Å². The zero-order chi connectivity index (χ0) is 65.5. The molecule has 5 aliphatic rings. The van der Waals surface area contributed by atoms with Crippen molar-refractivity contribution in [1.29, 1.82) is 0 Å². The van der Waals surface area contributed by atoms with E-state index in [9.17, 15) is 41.9 Å². The van der Waals surface area contributed by atoms with Gasteiger partial charge in [-0.3, -0.25) is 48.6 Å². The van der Waals surface area contributed by atoms with E-state index in [0.29, 0.717) is 38.3 Å². The molecule has 18 nitrogen and oxygen atoms in total. The number of hydrogen-bond acceptors (Lipinski definition) is 12. The molecule has 0 bridgehead atoms. The maximum absolute atomic E-state index is 12.5. The molecule has 5 N–H and O–H groups in total. The van der Waals surface area contributed by atoms with Crippen molar-refractivity contribution < 1.29 is 56.6 Å². The van der Waals surface area contributed by atoms with Crippen molar-refractivity contribution in [3.05, 3.63) is 175 Å². The van der Waals surface area contributed by atoms with Crippen LogP contribution in [0.1, 0.15) is 170 Å². The molecule has 2 saturated carbocycles. The van der Waals surface area contributed by atoms with Crippen LogP contribution >= 0.6 is 34.8 Å². The normalized spacial score (nSPS) is 15.6. The number of benzene rings is 3. The summed E-state index contributed by atoms with van der Waals surface area (Å²) in [5, 5.41) is 22.1. The number of nitrogens with one attached hydrogen (secondary N) is 4. The molecule has 24 heteroatoms. The monoisotopic (exact) mass is 1300 g/mol. The third-order valence-electron chi connectivity index (χ3n) is 14.6. The van der Waals surface area contributed by atoms with Gasteiger partial charge in [0.15, 0.2) is 0 Å². The van der Waals surface area contributed by atoms with Crippen LogP contribution in [0.3, 0.4) is 0 Å². The summed E-state index contributed by atoms with van der Waals surface area (Å²) in [6.07, 6.45) is 3.18. The van der Waals surface area contributed by atoms with E-state index in [1.165, 1.54) is 0 Å². The van der Waals surface area contributed by atoms with E-state index in [4.69, 9.17) is 59.4 Å². The quantitative estimate of drug-likeness (QED) is 0.0759. The maximum Gasteiger partial charge on any atom is 0.446 e. The molecule has 3 unspecified atom stereocenters. The number of carboxylic acids is 1. The number of amides is 5. The number of carbonyl (C=O) groups excluding carboxylic acids is 6. The zero-order valence-electron chi connectivity index (χ0n) is 50.8. The molecule has 90 heavy (non-hydrogen) atoms. The van der Waals surface area contributed by atoms with Gasteiger partial charge in [-0.25, -0.2) is 4.79 Å². The number of alkyl halides is 3. The van der Waals surface area contributed by atoms with Crippen LogP contribution in [-0.4, -0.2) is 93.4 Å². The van der Waals surface area contributed by atoms with Gasteiger partial charge in [0.25, 0.3) is 17.7 Å². The Kier molecular flexibility index (Phi) is 24.3. The predicted molar refractivity (Wildman–Crippen MR) is 339 cm³/mol. The molecule has 5 amide bonds. The highest BCUT2D eigenvalue weighted by molar-refractivity contribution is 6.31. The summed E-state index contributed by atoms with van der Waals surface area (Å²) >= 11 is 17.6. The molecule has 2 aliphatic carbocycles. The molecule has 0 radical (unpaired) electrons. The van der Waals surface area contributed by atoms with Crippen molar-refractivity contribution in [3.8, 4) is 0 Å². The molecule has 2 fully saturated rings. The van der Waals surface area contributed by atoms with Crippen LogP contribution < -0.4 is 31.1 Å². The third-order valence-corrected chi connectivity index (χ3v) is 15.3. The summed E-state index contributed by atoms with van der Waals surface area (Å²) in [6.45, 7) is 13.7. The van der Waals surface area contributed by atoms with E-state index >= 15 is 0 Å². The van der Waals surface area contributed by atoms with E-state index in [0.717, 1.165) is 129 Å². The summed E-state index contributed by atoms with van der Waals surface area (Å²) in [5.41, 5.74) is 9.23. The number of carboxylic acid groups (broad SMARTS) is 1. The number of aromatic nitrogens is 3. The minimum Gasteiger partial charge on any atom is -0.481 e. The van der Waals surface area contributed by atoms with Crippen LogP contribution in [0.4, 0.5) is 35.0 Å². The molecular formula is C66H73Cl3F3N9O9. The standard InChI is InChI=1S/C22H26ClN3O3.C21H22ClN3O2.C17H18ClN3O.C4H6O2.C2HF3O/c1-14(24-20(27)15-7-9-16(23)10-8-15)17-11-12-19-18(25-17)6-5-13-26(19)21(28)29-22(2,3)4;1-13(23-20(26)14-6-8-16(22)9-7-14)17-10-11-19-18(24-17)3-2-12-25(19)21(27)15-4-5-15;1-11(20-17(22)12-4-6-13(18)7-5-12)14-8-9-15-16(21-14)3-2-10-19-15;5-4(6)3-1-2-3;3-2(4,5)1-6/h7-12,14H,5-6,13H2,1-4H3,(H,24,27);6-11,13,15H,2-5,12H2,1H3,(H,23,26);4-9,11,19H,2-3,10H2,1H3,(H,20,22);3H,1-2H2,(H,5,6);1H. The Bertz CT molecular complexity index is 3510. The average Bonchev–Trinajstić information content (AvgIpc) is 1.41. The number of aldehydes is 1. The van der Waals surface area contributed by atoms with E-state index in [-0.39, 0.29) is 59.7 Å². The van der Waals surface area contributed by atoms with Crippen LogP contribution in [-0.2, 0) is 38.4 Å². The molecule has 6 aromatic rings. The second kappa shape index (κ2) is 31.5. The van der Waals surface area contributed by atoms with Gasteiger partial charge in [0.05, 0.1) is 75.3 Å². The first kappa shape index (κ1) is 69.3. The summed E-state index contributed by atoms with van der Waals surface area (Å²) in [4.78, 5) is 98.3. The summed E-state index contributed by atoms with van der Waals surface area (Å²) in [6, 6.07) is 31.4. The number of aryl methyl sites for hydroxylation is 3. The molecule has 0 spiro atoms. The topological polar surface area (TPSA) is 242 Å². The first-order valence-electron chi connectivity index (χ1n) is 29.7. The van der Waals surface area contributed by atoms with Gasteiger partial charge in [-0.1, -0.05) is 34.8 Å². The van der Waals surface area contributed by atoms with Gasteiger partial charge < -0.3 is 36.0 Å². The van der Waals surface area contributed by atoms with Crippen molar-refractivity contribution in [1.82, 2.24) is 30.9 Å². The van der Waals surface area contributed by atoms with E-state index in [1.54, 1.807) is 77.7 Å². The Morgan fingerprint density at radius 1 is 0.567 bits per heavy atom. The Balaban J connectivity index is 0.000000176. The smallest absolute Gasteiger partial charge is 0.446 e.